The van der Waals surface area contributed by atoms with E-state index in [9.17, 15) is 19.8 Å². The Labute approximate surface area is 175 Å². The zero-order valence-corrected chi connectivity index (χ0v) is 16.6. The third-order valence-electron chi connectivity index (χ3n) is 4.50. The van der Waals surface area contributed by atoms with Crippen molar-refractivity contribution in [3.8, 4) is 11.5 Å². The summed E-state index contributed by atoms with van der Waals surface area (Å²) in [5, 5.41) is 24.3. The largest absolute Gasteiger partial charge is 0.504 e. The number of aromatic hydroxyl groups is 1. The highest BCUT2D eigenvalue weighted by molar-refractivity contribution is 8.18. The van der Waals surface area contributed by atoms with E-state index in [-0.39, 0.29) is 22.2 Å². The molecule has 1 fully saturated rings. The van der Waals surface area contributed by atoms with Crippen LogP contribution in [0.25, 0.3) is 16.8 Å². The molecule has 3 aromatic carbocycles. The number of carbonyl (C=O) groups is 2. The molecule has 0 bridgehead atoms. The second-order valence-corrected chi connectivity index (χ2v) is 7.43. The van der Waals surface area contributed by atoms with Crippen molar-refractivity contribution >= 4 is 51.3 Å². The first-order valence-corrected chi connectivity index (χ1v) is 9.69. The van der Waals surface area contributed by atoms with Crippen LogP contribution in [0.4, 0.5) is 5.69 Å². The topological polar surface area (TPSA) is 108 Å². The van der Waals surface area contributed by atoms with Crippen molar-refractivity contribution in [1.82, 2.24) is 5.32 Å². The van der Waals surface area contributed by atoms with Crippen molar-refractivity contribution < 1.29 is 24.5 Å². The number of hydrogen-bond donors (Lipinski definition) is 3. The average Bonchev–Trinajstić information content (AvgIpc) is 3.07. The molecule has 30 heavy (non-hydrogen) atoms. The van der Waals surface area contributed by atoms with Crippen molar-refractivity contribution in [2.24, 2.45) is 4.99 Å². The summed E-state index contributed by atoms with van der Waals surface area (Å²) in [4.78, 5) is 28.7. The summed E-state index contributed by atoms with van der Waals surface area (Å²) in [6, 6.07) is 15.6. The van der Waals surface area contributed by atoms with Gasteiger partial charge in [-0.05, 0) is 46.8 Å². The molecule has 3 N–H and O–H groups in total. The fourth-order valence-electron chi connectivity index (χ4n) is 3.04. The third-order valence-corrected chi connectivity index (χ3v) is 5.41. The molecule has 0 saturated carbocycles. The molecule has 150 valence electrons. The second-order valence-electron chi connectivity index (χ2n) is 6.40. The Morgan fingerprint density at radius 3 is 2.57 bits per heavy atom. The number of phenolic OH excluding ortho intramolecular Hbond substituents is 1. The molecule has 0 spiro atoms. The Balaban J connectivity index is 1.71. The van der Waals surface area contributed by atoms with Crippen LogP contribution >= 0.6 is 11.8 Å². The van der Waals surface area contributed by atoms with Gasteiger partial charge in [-0.25, -0.2) is 9.79 Å². The molecule has 3 aromatic rings. The molecule has 0 aromatic heterocycles. The van der Waals surface area contributed by atoms with E-state index in [1.54, 1.807) is 30.3 Å². The normalized spacial score (nSPS) is 16.2. The SMILES string of the molecule is COc1cccc(/C=C2\SC(=Nc3cc4ccccc4cc3C(=O)O)NC2=O)c1O. The minimum atomic E-state index is -1.11. The molecule has 0 aliphatic carbocycles. The Bertz CT molecular complexity index is 1250. The van der Waals surface area contributed by atoms with Gasteiger partial charge < -0.3 is 20.3 Å². The lowest BCUT2D eigenvalue weighted by atomic mass is 10.1. The van der Waals surface area contributed by atoms with Crippen LogP contribution in [0, 0.1) is 0 Å². The van der Waals surface area contributed by atoms with Gasteiger partial charge in [0, 0.05) is 5.56 Å². The van der Waals surface area contributed by atoms with Crippen LogP contribution in [-0.4, -0.2) is 34.4 Å². The van der Waals surface area contributed by atoms with Crippen molar-refractivity contribution in [3.63, 3.8) is 0 Å². The molecule has 1 aliphatic rings. The number of aliphatic imine (C=N–C) groups is 1. The van der Waals surface area contributed by atoms with Gasteiger partial charge in [-0.1, -0.05) is 36.4 Å². The number of carboxylic acids is 1. The van der Waals surface area contributed by atoms with Gasteiger partial charge in [-0.15, -0.1) is 0 Å². The summed E-state index contributed by atoms with van der Waals surface area (Å²) >= 11 is 1.06. The van der Waals surface area contributed by atoms with E-state index < -0.39 is 11.9 Å². The molecule has 1 amide bonds. The number of ether oxygens (including phenoxy) is 1. The van der Waals surface area contributed by atoms with Crippen molar-refractivity contribution in [1.29, 1.82) is 0 Å². The first-order chi connectivity index (χ1) is 14.5. The molecule has 1 saturated heterocycles. The number of nitrogens with one attached hydrogen (secondary N) is 1. The third kappa shape index (κ3) is 3.72. The molecule has 0 atom stereocenters. The predicted molar refractivity (Wildman–Crippen MR) is 116 cm³/mol. The van der Waals surface area contributed by atoms with Crippen molar-refractivity contribution in [3.05, 3.63) is 70.6 Å². The van der Waals surface area contributed by atoms with Crippen LogP contribution in [0.1, 0.15) is 15.9 Å². The number of nitrogens with zero attached hydrogens (tertiary/aromatic N) is 1. The quantitative estimate of drug-likeness (QED) is 0.548. The summed E-state index contributed by atoms with van der Waals surface area (Å²) in [6.07, 6.45) is 1.53. The number of benzene rings is 3. The van der Waals surface area contributed by atoms with Gasteiger partial charge in [0.25, 0.3) is 5.91 Å². The first-order valence-electron chi connectivity index (χ1n) is 8.88. The van der Waals surface area contributed by atoms with Gasteiger partial charge >= 0.3 is 5.97 Å². The molecule has 7 nitrogen and oxygen atoms in total. The smallest absolute Gasteiger partial charge is 0.337 e. The lowest BCUT2D eigenvalue weighted by Gasteiger charge is -2.05. The monoisotopic (exact) mass is 420 g/mol. The highest BCUT2D eigenvalue weighted by Gasteiger charge is 2.25. The number of hydrogen-bond acceptors (Lipinski definition) is 6. The Kier molecular flexibility index (Phi) is 5.16. The fraction of sp³-hybridized carbons (Fsp3) is 0.0455. The lowest BCUT2D eigenvalue weighted by molar-refractivity contribution is -0.115. The Hall–Kier alpha value is -3.78. The van der Waals surface area contributed by atoms with Gasteiger partial charge in [0.15, 0.2) is 16.7 Å². The molecule has 4 rings (SSSR count). The van der Waals surface area contributed by atoms with E-state index in [1.807, 2.05) is 24.3 Å². The zero-order chi connectivity index (χ0) is 21.3. The second kappa shape index (κ2) is 7.92. The van der Waals surface area contributed by atoms with Crippen molar-refractivity contribution in [2.75, 3.05) is 7.11 Å². The number of rotatable bonds is 4. The molecule has 1 heterocycles. The van der Waals surface area contributed by atoms with E-state index in [2.05, 4.69) is 10.3 Å². The minimum absolute atomic E-state index is 0.0407. The van der Waals surface area contributed by atoms with E-state index in [4.69, 9.17) is 4.74 Å². The lowest BCUT2D eigenvalue weighted by Crippen LogP contribution is -2.19. The summed E-state index contributed by atoms with van der Waals surface area (Å²) in [7, 11) is 1.44. The zero-order valence-electron chi connectivity index (χ0n) is 15.7. The predicted octanol–water partition coefficient (Wildman–Crippen LogP) is 4.14. The maximum absolute atomic E-state index is 12.4. The standard InChI is InChI=1S/C22H16N2O5S/c1-29-17-8-4-7-14(19(17)25)11-18-20(26)24-22(30-18)23-16-10-13-6-3-2-5-12(13)9-15(16)21(27)28/h2-11,25H,1H3,(H,27,28)(H,23,24,26)/b18-11-. The number of phenols is 1. The number of methoxy groups -OCH3 is 1. The molecular weight excluding hydrogens is 404 g/mol. The number of aromatic carboxylic acids is 1. The Morgan fingerprint density at radius 1 is 1.13 bits per heavy atom. The van der Waals surface area contributed by atoms with Gasteiger partial charge in [0.05, 0.1) is 23.3 Å². The van der Waals surface area contributed by atoms with Crippen LogP contribution in [0.5, 0.6) is 11.5 Å². The summed E-state index contributed by atoms with van der Waals surface area (Å²) in [6.45, 7) is 0. The van der Waals surface area contributed by atoms with E-state index in [1.165, 1.54) is 13.2 Å². The molecule has 0 unspecified atom stereocenters. The molecular formula is C22H16N2O5S. The van der Waals surface area contributed by atoms with Gasteiger partial charge in [0.1, 0.15) is 0 Å². The number of carboxylic acid groups (broad SMARTS) is 1. The van der Waals surface area contributed by atoms with Gasteiger partial charge in [-0.3, -0.25) is 4.79 Å². The number of amidine groups is 1. The van der Waals surface area contributed by atoms with Crippen LogP contribution in [0.2, 0.25) is 0 Å². The van der Waals surface area contributed by atoms with Gasteiger partial charge in [0.2, 0.25) is 0 Å². The van der Waals surface area contributed by atoms with Crippen LogP contribution in [0.3, 0.4) is 0 Å². The molecule has 1 aliphatic heterocycles. The Morgan fingerprint density at radius 2 is 1.87 bits per heavy atom. The van der Waals surface area contributed by atoms with Crippen LogP contribution in [-0.2, 0) is 4.79 Å². The van der Waals surface area contributed by atoms with Crippen LogP contribution < -0.4 is 10.1 Å². The molecule has 0 radical (unpaired) electrons. The highest BCUT2D eigenvalue weighted by atomic mass is 32.2. The van der Waals surface area contributed by atoms with E-state index in [0.717, 1.165) is 22.5 Å². The number of carbonyl (C=O) groups excluding carboxylic acids is 1. The first kappa shape index (κ1) is 19.5. The fourth-order valence-corrected chi connectivity index (χ4v) is 3.87. The van der Waals surface area contributed by atoms with Gasteiger partial charge in [-0.2, -0.15) is 0 Å². The van der Waals surface area contributed by atoms with Crippen molar-refractivity contribution in [2.45, 2.75) is 0 Å². The summed E-state index contributed by atoms with van der Waals surface area (Å²) in [5.41, 5.74) is 0.707. The number of para-hydroxylation sites is 1. The summed E-state index contributed by atoms with van der Waals surface area (Å²) in [5.74, 6) is -1.27. The van der Waals surface area contributed by atoms with E-state index in [0.29, 0.717) is 16.2 Å². The maximum Gasteiger partial charge on any atom is 0.337 e. The van der Waals surface area contributed by atoms with Crippen LogP contribution in [0.15, 0.2) is 64.5 Å². The average molecular weight is 420 g/mol. The van der Waals surface area contributed by atoms with E-state index >= 15 is 0 Å². The molecule has 8 heteroatoms. The maximum atomic E-state index is 12.4. The summed E-state index contributed by atoms with van der Waals surface area (Å²) < 4.78 is 5.08. The number of thioether (sulfide) groups is 1. The number of fused-ring (bicyclic) bond motifs is 1. The highest BCUT2D eigenvalue weighted by Crippen LogP contribution is 2.35. The number of amides is 1. The minimum Gasteiger partial charge on any atom is -0.504 e.